The number of aryl methyl sites for hydroxylation is 1. The van der Waals surface area contributed by atoms with Crippen molar-refractivity contribution >= 4 is 22.6 Å². The number of ether oxygens (including phenoxy) is 2. The summed E-state index contributed by atoms with van der Waals surface area (Å²) in [5.74, 6) is 2.28. The minimum absolute atomic E-state index is 0.0785. The van der Waals surface area contributed by atoms with Crippen LogP contribution >= 0.6 is 0 Å². The van der Waals surface area contributed by atoms with Crippen LogP contribution in [0.25, 0.3) is 10.9 Å². The number of anilines is 1. The van der Waals surface area contributed by atoms with Gasteiger partial charge in [0.25, 0.3) is 0 Å². The van der Waals surface area contributed by atoms with E-state index in [-0.39, 0.29) is 12.3 Å². The quantitative estimate of drug-likeness (QED) is 0.486. The molecule has 0 bridgehead atoms. The zero-order chi connectivity index (χ0) is 22.7. The number of aromatic nitrogens is 3. The van der Waals surface area contributed by atoms with Crippen molar-refractivity contribution in [1.82, 2.24) is 15.1 Å². The number of amides is 1. The Labute approximate surface area is 183 Å². The third-order valence-corrected chi connectivity index (χ3v) is 4.93. The second kappa shape index (κ2) is 8.73. The molecule has 1 aromatic carbocycles. The van der Waals surface area contributed by atoms with Gasteiger partial charge in [-0.25, -0.2) is 0 Å². The van der Waals surface area contributed by atoms with Crippen molar-refractivity contribution in [3.05, 3.63) is 65.3 Å². The molecule has 0 spiro atoms. The average Bonchev–Trinajstić information content (AvgIpc) is 3.11. The van der Waals surface area contributed by atoms with Gasteiger partial charge < -0.3 is 19.3 Å². The van der Waals surface area contributed by atoms with Crippen LogP contribution in [0.3, 0.4) is 0 Å². The minimum Gasteiger partial charge on any atom is -0.495 e. The van der Waals surface area contributed by atoms with E-state index in [1.807, 2.05) is 6.92 Å². The Morgan fingerprint density at radius 3 is 2.69 bits per heavy atom. The number of methoxy groups -OCH3 is 1. The Morgan fingerprint density at radius 2 is 2.03 bits per heavy atom. The maximum Gasteiger partial charge on any atom is 0.231 e. The molecule has 0 aliphatic carbocycles. The molecule has 0 aliphatic heterocycles. The minimum atomic E-state index is -0.249. The van der Waals surface area contributed by atoms with Crippen molar-refractivity contribution in [2.45, 2.75) is 20.3 Å². The fraction of sp³-hybridized carbons (Fsp3) is 0.174. The summed E-state index contributed by atoms with van der Waals surface area (Å²) in [6.07, 6.45) is 3.23. The van der Waals surface area contributed by atoms with E-state index in [1.54, 1.807) is 43.5 Å². The SMILES string of the molecule is COc1cc2nccc(Oc3ccc(CC(=O)Nc4noc(C)c4C)nc3)c2cc1C#N. The summed E-state index contributed by atoms with van der Waals surface area (Å²) in [7, 11) is 1.50. The Morgan fingerprint density at radius 1 is 1.19 bits per heavy atom. The molecule has 0 atom stereocenters. The molecule has 0 aliphatic rings. The van der Waals surface area contributed by atoms with Crippen molar-refractivity contribution in [2.75, 3.05) is 12.4 Å². The van der Waals surface area contributed by atoms with Gasteiger partial charge in [-0.3, -0.25) is 14.8 Å². The maximum atomic E-state index is 12.3. The molecule has 3 heterocycles. The van der Waals surface area contributed by atoms with Gasteiger partial charge in [-0.05, 0) is 38.1 Å². The van der Waals surface area contributed by atoms with Gasteiger partial charge in [-0.2, -0.15) is 5.26 Å². The molecule has 4 aromatic rings. The molecule has 0 radical (unpaired) electrons. The summed E-state index contributed by atoms with van der Waals surface area (Å²) in [5.41, 5.74) is 2.38. The van der Waals surface area contributed by atoms with Crippen LogP contribution in [0.1, 0.15) is 22.6 Å². The van der Waals surface area contributed by atoms with Crippen LogP contribution < -0.4 is 14.8 Å². The van der Waals surface area contributed by atoms with Crippen molar-refractivity contribution in [3.8, 4) is 23.3 Å². The summed E-state index contributed by atoms with van der Waals surface area (Å²) in [6, 6.07) is 10.6. The van der Waals surface area contributed by atoms with Crippen molar-refractivity contribution in [1.29, 1.82) is 5.26 Å². The normalized spacial score (nSPS) is 10.6. The van der Waals surface area contributed by atoms with Crippen LogP contribution in [0.4, 0.5) is 5.82 Å². The highest BCUT2D eigenvalue weighted by Gasteiger charge is 2.13. The van der Waals surface area contributed by atoms with E-state index in [1.165, 1.54) is 13.3 Å². The molecule has 9 nitrogen and oxygen atoms in total. The first-order valence-corrected chi connectivity index (χ1v) is 9.71. The molecule has 3 aromatic heterocycles. The number of hydrogen-bond donors (Lipinski definition) is 1. The van der Waals surface area contributed by atoms with Crippen LogP contribution in [-0.4, -0.2) is 28.1 Å². The van der Waals surface area contributed by atoms with Crippen molar-refractivity contribution in [3.63, 3.8) is 0 Å². The molecule has 1 amide bonds. The predicted molar refractivity (Wildman–Crippen MR) is 116 cm³/mol. The number of pyridine rings is 2. The summed E-state index contributed by atoms with van der Waals surface area (Å²) >= 11 is 0. The predicted octanol–water partition coefficient (Wildman–Crippen LogP) is 4.09. The molecule has 0 fully saturated rings. The lowest BCUT2D eigenvalue weighted by molar-refractivity contribution is -0.115. The van der Waals surface area contributed by atoms with Gasteiger partial charge in [-0.15, -0.1) is 0 Å². The Kier molecular flexibility index (Phi) is 5.68. The van der Waals surface area contributed by atoms with Gasteiger partial charge >= 0.3 is 0 Å². The molecule has 0 saturated carbocycles. The molecule has 1 N–H and O–H groups in total. The van der Waals surface area contributed by atoms with Gasteiger partial charge in [0, 0.05) is 28.9 Å². The molecule has 9 heteroatoms. The number of nitriles is 1. The second-order valence-electron chi connectivity index (χ2n) is 7.02. The third kappa shape index (κ3) is 4.20. The highest BCUT2D eigenvalue weighted by atomic mass is 16.5. The highest BCUT2D eigenvalue weighted by molar-refractivity contribution is 5.91. The zero-order valence-corrected chi connectivity index (χ0v) is 17.7. The number of carbonyl (C=O) groups is 1. The first-order valence-electron chi connectivity index (χ1n) is 9.71. The topological polar surface area (TPSA) is 123 Å². The fourth-order valence-electron chi connectivity index (χ4n) is 3.07. The lowest BCUT2D eigenvalue weighted by Gasteiger charge is -2.10. The smallest absolute Gasteiger partial charge is 0.231 e. The lowest BCUT2D eigenvalue weighted by atomic mass is 10.1. The van der Waals surface area contributed by atoms with E-state index >= 15 is 0 Å². The van der Waals surface area contributed by atoms with Crippen LogP contribution in [0.2, 0.25) is 0 Å². The first-order chi connectivity index (χ1) is 15.5. The van der Waals surface area contributed by atoms with Gasteiger partial charge in [-0.1, -0.05) is 5.16 Å². The van der Waals surface area contributed by atoms with E-state index in [4.69, 9.17) is 14.0 Å². The van der Waals surface area contributed by atoms with Crippen LogP contribution in [0.15, 0.2) is 47.2 Å². The second-order valence-corrected chi connectivity index (χ2v) is 7.02. The standard InChI is InChI=1S/C23H19N5O4/c1-13-14(2)32-28-23(13)27-22(29)9-16-4-5-17(12-26-16)31-20-6-7-25-19-10-21(30-3)15(11-24)8-18(19)20/h4-8,10,12H,9H2,1-3H3,(H,27,28,29). The van der Waals surface area contributed by atoms with Crippen LogP contribution in [0.5, 0.6) is 17.2 Å². The van der Waals surface area contributed by atoms with Gasteiger partial charge in [0.1, 0.15) is 29.1 Å². The third-order valence-electron chi connectivity index (χ3n) is 4.93. The van der Waals surface area contributed by atoms with E-state index in [9.17, 15) is 10.1 Å². The first kappa shape index (κ1) is 20.8. The van der Waals surface area contributed by atoms with Gasteiger partial charge in [0.05, 0.1) is 30.8 Å². The summed E-state index contributed by atoms with van der Waals surface area (Å²) < 4.78 is 16.3. The van der Waals surface area contributed by atoms with E-state index in [2.05, 4.69) is 26.5 Å². The average molecular weight is 429 g/mol. The number of nitrogens with one attached hydrogen (secondary N) is 1. The van der Waals surface area contributed by atoms with Crippen LogP contribution in [0, 0.1) is 25.2 Å². The Balaban J connectivity index is 1.49. The molecule has 0 unspecified atom stereocenters. The Hall–Kier alpha value is -4.45. The highest BCUT2D eigenvalue weighted by Crippen LogP contribution is 2.32. The maximum absolute atomic E-state index is 12.3. The summed E-state index contributed by atoms with van der Waals surface area (Å²) in [5, 5.41) is 16.6. The summed E-state index contributed by atoms with van der Waals surface area (Å²) in [6.45, 7) is 3.60. The largest absolute Gasteiger partial charge is 0.495 e. The number of hydrogen-bond acceptors (Lipinski definition) is 8. The van der Waals surface area contributed by atoms with Crippen LogP contribution in [-0.2, 0) is 11.2 Å². The molecule has 32 heavy (non-hydrogen) atoms. The number of benzene rings is 1. The Bertz CT molecular complexity index is 1340. The molecular formula is C23H19N5O4. The molecular weight excluding hydrogens is 410 g/mol. The molecule has 160 valence electrons. The number of rotatable bonds is 6. The van der Waals surface area contributed by atoms with Crippen molar-refractivity contribution in [2.24, 2.45) is 0 Å². The van der Waals surface area contributed by atoms with Gasteiger partial charge in [0.2, 0.25) is 5.91 Å². The van der Waals surface area contributed by atoms with E-state index < -0.39 is 0 Å². The number of nitrogens with zero attached hydrogens (tertiary/aromatic N) is 4. The fourth-order valence-corrected chi connectivity index (χ4v) is 3.07. The zero-order valence-electron chi connectivity index (χ0n) is 17.7. The number of carbonyl (C=O) groups excluding carboxylic acids is 1. The van der Waals surface area contributed by atoms with E-state index in [0.717, 1.165) is 5.56 Å². The summed E-state index contributed by atoms with van der Waals surface area (Å²) in [4.78, 5) is 20.9. The van der Waals surface area contributed by atoms with Crippen molar-refractivity contribution < 1.29 is 18.8 Å². The molecule has 4 rings (SSSR count). The lowest BCUT2D eigenvalue weighted by Crippen LogP contribution is -2.16. The molecule has 0 saturated heterocycles. The number of fused-ring (bicyclic) bond motifs is 1. The monoisotopic (exact) mass is 429 g/mol. The van der Waals surface area contributed by atoms with Gasteiger partial charge in [0.15, 0.2) is 5.82 Å². The van der Waals surface area contributed by atoms with E-state index in [0.29, 0.717) is 51.0 Å².